The molecule has 1 fully saturated rings. The van der Waals surface area contributed by atoms with E-state index >= 15 is 0 Å². The quantitative estimate of drug-likeness (QED) is 0.462. The maximum absolute atomic E-state index is 10.7. The van der Waals surface area contributed by atoms with Crippen LogP contribution >= 0.6 is 11.6 Å². The van der Waals surface area contributed by atoms with Crippen LogP contribution in [-0.4, -0.2) is 16.5 Å². The Kier molecular flexibility index (Phi) is 2.84. The lowest BCUT2D eigenvalue weighted by molar-refractivity contribution is -0.491. The number of nitro groups is 1. The van der Waals surface area contributed by atoms with Crippen LogP contribution in [0.25, 0.3) is 0 Å². The Morgan fingerprint density at radius 1 is 1.62 bits per heavy atom. The molecule has 0 N–H and O–H groups in total. The van der Waals surface area contributed by atoms with Crippen LogP contribution in [0.1, 0.15) is 25.3 Å². The van der Waals surface area contributed by atoms with E-state index in [4.69, 9.17) is 11.6 Å². The number of rotatable bonds is 4. The van der Waals surface area contributed by atoms with Crippen molar-refractivity contribution in [3.8, 4) is 0 Å². The largest absolute Gasteiger partial charge is 0.265 e. The second-order valence-electron chi connectivity index (χ2n) is 4.55. The molecule has 1 atom stereocenters. The SMILES string of the molecule is C[C@](C[N+](=O)[O-])(c1ccc(Cl)nc1)C1CC1. The van der Waals surface area contributed by atoms with E-state index in [1.165, 1.54) is 0 Å². The fourth-order valence-corrected chi connectivity index (χ4v) is 2.27. The van der Waals surface area contributed by atoms with Gasteiger partial charge in [-0.3, -0.25) is 10.1 Å². The van der Waals surface area contributed by atoms with Crippen LogP contribution in [0.2, 0.25) is 5.15 Å². The van der Waals surface area contributed by atoms with Gasteiger partial charge in [0.15, 0.2) is 0 Å². The van der Waals surface area contributed by atoms with Crippen LogP contribution in [-0.2, 0) is 5.41 Å². The fourth-order valence-electron chi connectivity index (χ4n) is 2.16. The molecule has 86 valence electrons. The molecule has 1 heterocycles. The molecule has 0 aliphatic heterocycles. The molecule has 0 bridgehead atoms. The van der Waals surface area contributed by atoms with Crippen molar-refractivity contribution in [3.05, 3.63) is 39.2 Å². The molecule has 2 rings (SSSR count). The maximum Gasteiger partial charge on any atom is 0.213 e. The molecule has 16 heavy (non-hydrogen) atoms. The summed E-state index contributed by atoms with van der Waals surface area (Å²) in [6.07, 6.45) is 3.78. The molecule has 4 nitrogen and oxygen atoms in total. The van der Waals surface area contributed by atoms with Gasteiger partial charge in [-0.05, 0) is 37.3 Å². The number of halogens is 1. The molecule has 0 aromatic carbocycles. The second kappa shape index (κ2) is 4.01. The molecule has 0 amide bonds. The molecular weight excluding hydrogens is 228 g/mol. The highest BCUT2D eigenvalue weighted by Gasteiger charge is 2.46. The Morgan fingerprint density at radius 3 is 2.75 bits per heavy atom. The summed E-state index contributed by atoms with van der Waals surface area (Å²) in [5, 5.41) is 11.2. The van der Waals surface area contributed by atoms with Gasteiger partial charge in [0.2, 0.25) is 6.54 Å². The second-order valence-corrected chi connectivity index (χ2v) is 4.94. The van der Waals surface area contributed by atoms with E-state index in [1.54, 1.807) is 12.3 Å². The summed E-state index contributed by atoms with van der Waals surface area (Å²) < 4.78 is 0. The smallest absolute Gasteiger partial charge is 0.213 e. The van der Waals surface area contributed by atoms with Gasteiger partial charge < -0.3 is 0 Å². The van der Waals surface area contributed by atoms with Crippen molar-refractivity contribution in [3.63, 3.8) is 0 Å². The highest BCUT2D eigenvalue weighted by Crippen LogP contribution is 2.47. The summed E-state index contributed by atoms with van der Waals surface area (Å²) in [4.78, 5) is 14.5. The van der Waals surface area contributed by atoms with Gasteiger partial charge in [-0.25, -0.2) is 4.98 Å². The monoisotopic (exact) mass is 240 g/mol. The zero-order valence-electron chi connectivity index (χ0n) is 9.02. The van der Waals surface area contributed by atoms with E-state index in [0.29, 0.717) is 11.1 Å². The normalized spacial score (nSPS) is 19.1. The molecule has 0 saturated heterocycles. The minimum absolute atomic E-state index is 0.0407. The van der Waals surface area contributed by atoms with Gasteiger partial charge in [0, 0.05) is 11.1 Å². The summed E-state index contributed by atoms with van der Waals surface area (Å²) in [5.74, 6) is 0.404. The highest BCUT2D eigenvalue weighted by atomic mass is 35.5. The summed E-state index contributed by atoms with van der Waals surface area (Å²) >= 11 is 5.72. The third-order valence-electron chi connectivity index (χ3n) is 3.32. The number of hydrogen-bond donors (Lipinski definition) is 0. The van der Waals surface area contributed by atoms with Gasteiger partial charge in [-0.15, -0.1) is 0 Å². The Morgan fingerprint density at radius 2 is 2.31 bits per heavy atom. The van der Waals surface area contributed by atoms with Crippen molar-refractivity contribution in [1.29, 1.82) is 0 Å². The standard InChI is InChI=1S/C11H13ClN2O2/c1-11(7-14(15)16,8-2-3-8)9-4-5-10(12)13-6-9/h4-6,8H,2-3,7H2,1H3/t11-/m1/s1. The number of aromatic nitrogens is 1. The summed E-state index contributed by atoms with van der Waals surface area (Å²) in [6, 6.07) is 3.54. The Balaban J connectivity index is 2.31. The van der Waals surface area contributed by atoms with Gasteiger partial charge in [0.1, 0.15) is 5.15 Å². The van der Waals surface area contributed by atoms with Crippen molar-refractivity contribution < 1.29 is 4.92 Å². The topological polar surface area (TPSA) is 56.0 Å². The van der Waals surface area contributed by atoms with Crippen LogP contribution in [0, 0.1) is 16.0 Å². The van der Waals surface area contributed by atoms with Gasteiger partial charge in [0.25, 0.3) is 0 Å². The molecule has 0 radical (unpaired) electrons. The lowest BCUT2D eigenvalue weighted by Gasteiger charge is -2.25. The molecule has 1 aliphatic carbocycles. The predicted octanol–water partition coefficient (Wildman–Crippen LogP) is 2.68. The third-order valence-corrected chi connectivity index (χ3v) is 3.55. The summed E-state index contributed by atoms with van der Waals surface area (Å²) in [7, 11) is 0. The molecule has 0 spiro atoms. The van der Waals surface area contributed by atoms with E-state index in [1.807, 2.05) is 13.0 Å². The minimum atomic E-state index is -0.402. The molecule has 1 aromatic rings. The minimum Gasteiger partial charge on any atom is -0.265 e. The highest BCUT2D eigenvalue weighted by molar-refractivity contribution is 6.29. The van der Waals surface area contributed by atoms with E-state index < -0.39 is 5.41 Å². The van der Waals surface area contributed by atoms with Crippen molar-refractivity contribution >= 4 is 11.6 Å². The number of nitrogens with zero attached hydrogens (tertiary/aromatic N) is 2. The zero-order chi connectivity index (χ0) is 11.8. The van der Waals surface area contributed by atoms with Crippen molar-refractivity contribution in [2.45, 2.75) is 25.2 Å². The Bertz CT molecular complexity index is 403. The molecule has 1 aliphatic rings. The van der Waals surface area contributed by atoms with Gasteiger partial charge >= 0.3 is 0 Å². The first-order valence-electron chi connectivity index (χ1n) is 5.26. The first-order valence-corrected chi connectivity index (χ1v) is 5.64. The first kappa shape index (κ1) is 11.3. The van der Waals surface area contributed by atoms with Gasteiger partial charge in [-0.1, -0.05) is 17.7 Å². The summed E-state index contributed by atoms with van der Waals surface area (Å²) in [5.41, 5.74) is 0.511. The first-order chi connectivity index (χ1) is 7.52. The Hall–Kier alpha value is -1.16. The van der Waals surface area contributed by atoms with E-state index in [-0.39, 0.29) is 11.5 Å². The summed E-state index contributed by atoms with van der Waals surface area (Å²) in [6.45, 7) is 1.90. The van der Waals surface area contributed by atoms with Crippen LogP contribution in [0.15, 0.2) is 18.3 Å². The van der Waals surface area contributed by atoms with Crippen LogP contribution < -0.4 is 0 Å². The van der Waals surface area contributed by atoms with Crippen molar-refractivity contribution in [2.75, 3.05) is 6.54 Å². The van der Waals surface area contributed by atoms with E-state index in [2.05, 4.69) is 4.98 Å². The van der Waals surface area contributed by atoms with Crippen LogP contribution in [0.3, 0.4) is 0 Å². The Labute approximate surface area is 98.8 Å². The van der Waals surface area contributed by atoms with Crippen molar-refractivity contribution in [2.24, 2.45) is 5.92 Å². The molecule has 0 unspecified atom stereocenters. The molecule has 5 heteroatoms. The van der Waals surface area contributed by atoms with Crippen molar-refractivity contribution in [1.82, 2.24) is 4.98 Å². The predicted molar refractivity (Wildman–Crippen MR) is 61.2 cm³/mol. The lowest BCUT2D eigenvalue weighted by Crippen LogP contribution is -2.33. The van der Waals surface area contributed by atoms with Crippen LogP contribution in [0.4, 0.5) is 0 Å². The van der Waals surface area contributed by atoms with Gasteiger partial charge in [0.05, 0.1) is 5.41 Å². The number of hydrogen-bond acceptors (Lipinski definition) is 3. The number of pyridine rings is 1. The third kappa shape index (κ3) is 2.16. The van der Waals surface area contributed by atoms with Crippen LogP contribution in [0.5, 0.6) is 0 Å². The molecule has 1 saturated carbocycles. The fraction of sp³-hybridized carbons (Fsp3) is 0.545. The van der Waals surface area contributed by atoms with Gasteiger partial charge in [-0.2, -0.15) is 0 Å². The van der Waals surface area contributed by atoms with E-state index in [9.17, 15) is 10.1 Å². The molecular formula is C11H13ClN2O2. The maximum atomic E-state index is 10.7. The average Bonchev–Trinajstić information content (AvgIpc) is 3.00. The molecule has 1 aromatic heterocycles. The average molecular weight is 241 g/mol. The lowest BCUT2D eigenvalue weighted by atomic mass is 9.79. The zero-order valence-corrected chi connectivity index (χ0v) is 9.78. The van der Waals surface area contributed by atoms with E-state index in [0.717, 1.165) is 18.4 Å².